The van der Waals surface area contributed by atoms with Crippen LogP contribution in [0.15, 0.2) is 36.2 Å². The molecule has 0 aliphatic carbocycles. The molecule has 4 unspecified atom stereocenters. The smallest absolute Gasteiger partial charge is 0.407 e. The fourth-order valence-corrected chi connectivity index (χ4v) is 7.22. The second-order valence-corrected chi connectivity index (χ2v) is 15.0. The maximum absolute atomic E-state index is 12.9. The van der Waals surface area contributed by atoms with E-state index in [2.05, 4.69) is 36.0 Å². The molecule has 4 rings (SSSR count). The lowest BCUT2D eigenvalue weighted by atomic mass is 9.99. The third kappa shape index (κ3) is 9.25. The zero-order valence-corrected chi connectivity index (χ0v) is 30.6. The highest BCUT2D eigenvalue weighted by atomic mass is 32.1. The molecule has 1 saturated heterocycles. The summed E-state index contributed by atoms with van der Waals surface area (Å²) in [5.74, 6) is 1.07. The van der Waals surface area contributed by atoms with E-state index in [0.717, 1.165) is 70.7 Å². The number of rotatable bonds is 15. The first kappa shape index (κ1) is 37.1. The van der Waals surface area contributed by atoms with Crippen molar-refractivity contribution in [2.24, 2.45) is 11.7 Å². The van der Waals surface area contributed by atoms with Gasteiger partial charge in [-0.25, -0.2) is 14.8 Å². The molecule has 0 spiro atoms. The van der Waals surface area contributed by atoms with E-state index in [1.807, 2.05) is 58.9 Å². The molecule has 1 aliphatic rings. The van der Waals surface area contributed by atoms with Crippen LogP contribution in [0.3, 0.4) is 0 Å². The first-order valence-electron chi connectivity index (χ1n) is 17.0. The highest BCUT2D eigenvalue weighted by Gasteiger charge is 2.44. The van der Waals surface area contributed by atoms with Crippen molar-refractivity contribution >= 4 is 34.2 Å². The summed E-state index contributed by atoms with van der Waals surface area (Å²) in [6.07, 6.45) is 5.77. The normalized spacial score (nSPS) is 19.0. The summed E-state index contributed by atoms with van der Waals surface area (Å²) >= 11 is 1.56. The number of carbonyl (C=O) groups is 2. The Morgan fingerprint density at radius 3 is 2.56 bits per heavy atom. The van der Waals surface area contributed by atoms with Crippen LogP contribution in [0, 0.1) is 12.8 Å². The number of methoxy groups -OCH3 is 1. The Balaban J connectivity index is 1.64. The van der Waals surface area contributed by atoms with E-state index in [1.54, 1.807) is 18.4 Å². The molecular weight excluding hydrogens is 627 g/mol. The van der Waals surface area contributed by atoms with Crippen LogP contribution in [-0.4, -0.2) is 70.9 Å². The molecular formula is C37H53N5O5S. The van der Waals surface area contributed by atoms with E-state index >= 15 is 0 Å². The molecule has 1 fully saturated rings. The molecule has 1 aromatic carbocycles. The van der Waals surface area contributed by atoms with E-state index in [-0.39, 0.29) is 18.1 Å². The second kappa shape index (κ2) is 16.1. The molecule has 0 bridgehead atoms. The monoisotopic (exact) mass is 679 g/mol. The minimum absolute atomic E-state index is 0.212. The Morgan fingerprint density at radius 2 is 1.94 bits per heavy atom. The number of fused-ring (bicyclic) bond motifs is 1. The molecule has 2 aromatic heterocycles. The highest BCUT2D eigenvalue weighted by molar-refractivity contribution is 7.13. The summed E-state index contributed by atoms with van der Waals surface area (Å²) in [4.78, 5) is 37.7. The van der Waals surface area contributed by atoms with Gasteiger partial charge in [0.2, 0.25) is 5.91 Å². The number of benzene rings is 1. The van der Waals surface area contributed by atoms with Gasteiger partial charge in [-0.3, -0.25) is 9.69 Å². The van der Waals surface area contributed by atoms with Crippen LogP contribution in [-0.2, 0) is 9.53 Å². The number of ether oxygens (including phenoxy) is 3. The van der Waals surface area contributed by atoms with Gasteiger partial charge in [0, 0.05) is 47.4 Å². The van der Waals surface area contributed by atoms with Crippen LogP contribution in [0.2, 0.25) is 0 Å². The molecule has 262 valence electrons. The molecule has 0 radical (unpaired) electrons. The van der Waals surface area contributed by atoms with Crippen molar-refractivity contribution in [1.82, 2.24) is 20.2 Å². The summed E-state index contributed by atoms with van der Waals surface area (Å²) in [5, 5.41) is 6.80. The van der Waals surface area contributed by atoms with Crippen molar-refractivity contribution < 1.29 is 23.8 Å². The number of hydrogen-bond donors (Lipinski definition) is 2. The van der Waals surface area contributed by atoms with Crippen molar-refractivity contribution in [2.45, 2.75) is 110 Å². The lowest BCUT2D eigenvalue weighted by Crippen LogP contribution is -2.50. The van der Waals surface area contributed by atoms with Crippen LogP contribution in [0.25, 0.3) is 21.6 Å². The topological polar surface area (TPSA) is 129 Å². The number of aryl methyl sites for hydroxylation is 1. The summed E-state index contributed by atoms with van der Waals surface area (Å²) in [7, 11) is 1.65. The van der Waals surface area contributed by atoms with Gasteiger partial charge in [-0.05, 0) is 65.0 Å². The van der Waals surface area contributed by atoms with Gasteiger partial charge < -0.3 is 25.3 Å². The molecule has 0 saturated carbocycles. The summed E-state index contributed by atoms with van der Waals surface area (Å²) in [5.41, 5.74) is 8.82. The number of alkyl carbamates (subject to hydrolysis) is 1. The van der Waals surface area contributed by atoms with Gasteiger partial charge in [0.05, 0.1) is 24.4 Å². The van der Waals surface area contributed by atoms with E-state index in [1.165, 1.54) is 0 Å². The predicted octanol–water partition coefficient (Wildman–Crippen LogP) is 7.38. The predicted molar refractivity (Wildman–Crippen MR) is 193 cm³/mol. The molecule has 3 heterocycles. The van der Waals surface area contributed by atoms with Crippen LogP contribution in [0.5, 0.6) is 11.5 Å². The molecule has 11 heteroatoms. The number of nitrogens with two attached hydrogens (primary N) is 1. The van der Waals surface area contributed by atoms with E-state index in [0.29, 0.717) is 24.8 Å². The number of pyridine rings is 1. The van der Waals surface area contributed by atoms with E-state index in [9.17, 15) is 9.59 Å². The number of likely N-dealkylation sites (tertiary alicyclic amines) is 1. The molecule has 10 nitrogen and oxygen atoms in total. The second-order valence-electron chi connectivity index (χ2n) is 14.1. The van der Waals surface area contributed by atoms with Gasteiger partial charge in [-0.15, -0.1) is 17.9 Å². The van der Waals surface area contributed by atoms with Crippen molar-refractivity contribution in [3.8, 4) is 22.2 Å². The SMILES string of the molecule is C=CCCCCCC(CN1CC(Oc2cc(-c3nc(C(C)C)cs3)nc3c(C)c(OC)ccc23)C(C)C1C(N)=O)NC(=O)OC(C)(C)C. The summed E-state index contributed by atoms with van der Waals surface area (Å²) < 4.78 is 18.0. The fourth-order valence-electron chi connectivity index (χ4n) is 6.28. The molecule has 1 aliphatic heterocycles. The minimum Gasteiger partial charge on any atom is -0.496 e. The standard InChI is InChI=1S/C37H53N5O5S/c1-10-11-12-13-14-15-25(39-36(44)47-37(6,7)8)19-42-20-31(24(5)33(42)34(38)43)46-30-18-27(35-41-28(21-48-35)22(2)3)40-32-23(4)29(45-9)17-16-26(30)32/h10,16-18,21-22,24-25,31,33H,1,11-15,19-20H2,2-9H3,(H2,38,43)(H,39,44). The largest absolute Gasteiger partial charge is 0.496 e. The average Bonchev–Trinajstić information content (AvgIpc) is 3.61. The van der Waals surface area contributed by atoms with Gasteiger partial charge in [-0.2, -0.15) is 0 Å². The minimum atomic E-state index is -0.626. The van der Waals surface area contributed by atoms with Gasteiger partial charge in [0.1, 0.15) is 33.9 Å². The summed E-state index contributed by atoms with van der Waals surface area (Å²) in [6.45, 7) is 18.5. The maximum Gasteiger partial charge on any atom is 0.407 e. The molecule has 48 heavy (non-hydrogen) atoms. The number of nitrogens with zero attached hydrogens (tertiary/aromatic N) is 3. The Labute approximate surface area is 289 Å². The zero-order chi connectivity index (χ0) is 35.2. The third-order valence-electron chi connectivity index (χ3n) is 8.80. The van der Waals surface area contributed by atoms with Gasteiger partial charge in [0.15, 0.2) is 0 Å². The third-order valence-corrected chi connectivity index (χ3v) is 9.68. The fraction of sp³-hybridized carbons (Fsp3) is 0.568. The van der Waals surface area contributed by atoms with Crippen molar-refractivity contribution in [2.75, 3.05) is 20.2 Å². The number of nitrogens with one attached hydrogen (secondary N) is 1. The molecule has 3 aromatic rings. The molecule has 4 atom stereocenters. The molecule has 3 N–H and O–H groups in total. The highest BCUT2D eigenvalue weighted by Crippen LogP contribution is 2.38. The lowest BCUT2D eigenvalue weighted by molar-refractivity contribution is -0.123. The van der Waals surface area contributed by atoms with Gasteiger partial charge >= 0.3 is 6.09 Å². The van der Waals surface area contributed by atoms with Crippen LogP contribution >= 0.6 is 11.3 Å². The van der Waals surface area contributed by atoms with Gasteiger partial charge in [-0.1, -0.05) is 39.7 Å². The zero-order valence-electron chi connectivity index (χ0n) is 29.8. The number of aromatic nitrogens is 2. The van der Waals surface area contributed by atoms with Crippen molar-refractivity contribution in [1.29, 1.82) is 0 Å². The lowest BCUT2D eigenvalue weighted by Gasteiger charge is -2.29. The van der Waals surface area contributed by atoms with Crippen LogP contribution in [0.1, 0.15) is 90.8 Å². The number of unbranched alkanes of at least 4 members (excludes halogenated alkanes) is 3. The van der Waals surface area contributed by atoms with Crippen molar-refractivity contribution in [3.63, 3.8) is 0 Å². The average molecular weight is 680 g/mol. The number of thiazole rings is 1. The Bertz CT molecular complexity index is 1580. The quantitative estimate of drug-likeness (QED) is 0.126. The Kier molecular flexibility index (Phi) is 12.5. The maximum atomic E-state index is 12.9. The number of primary amides is 1. The van der Waals surface area contributed by atoms with Crippen LogP contribution < -0.4 is 20.5 Å². The Morgan fingerprint density at radius 1 is 1.19 bits per heavy atom. The summed E-state index contributed by atoms with van der Waals surface area (Å²) in [6, 6.07) is 5.03. The molecule has 2 amide bonds. The number of carbonyl (C=O) groups excluding carboxylic acids is 2. The number of amides is 2. The van der Waals surface area contributed by atoms with E-state index < -0.39 is 23.6 Å². The van der Waals surface area contributed by atoms with Crippen molar-refractivity contribution in [3.05, 3.63) is 47.5 Å². The van der Waals surface area contributed by atoms with Crippen LogP contribution in [0.4, 0.5) is 4.79 Å². The first-order valence-corrected chi connectivity index (χ1v) is 17.8. The number of allylic oxidation sites excluding steroid dienone is 1. The number of hydrogen-bond acceptors (Lipinski definition) is 9. The first-order chi connectivity index (χ1) is 22.7. The van der Waals surface area contributed by atoms with Gasteiger partial charge in [0.25, 0.3) is 0 Å². The Hall–Kier alpha value is -3.70. The van der Waals surface area contributed by atoms with E-state index in [4.69, 9.17) is 29.9 Å².